The average Bonchev–Trinajstić information content (AvgIpc) is 3.10. The van der Waals surface area contributed by atoms with Gasteiger partial charge in [0.1, 0.15) is 0 Å². The SMILES string of the molecule is C=CCN1C(=O)N[C@@H](c2ccsc2)C2=C1CN(C(C)C)C2=O. The Morgan fingerprint density at radius 3 is 2.86 bits per heavy atom. The van der Waals surface area contributed by atoms with E-state index < -0.39 is 0 Å². The van der Waals surface area contributed by atoms with Crippen LogP contribution in [-0.4, -0.2) is 40.9 Å². The van der Waals surface area contributed by atoms with Gasteiger partial charge in [0.15, 0.2) is 0 Å². The van der Waals surface area contributed by atoms with Gasteiger partial charge in [-0.15, -0.1) is 6.58 Å². The van der Waals surface area contributed by atoms with Crippen LogP contribution in [0.3, 0.4) is 0 Å². The predicted octanol–water partition coefficient (Wildman–Crippen LogP) is 2.51. The van der Waals surface area contributed by atoms with Gasteiger partial charge in [-0.05, 0) is 36.2 Å². The first-order valence-electron chi connectivity index (χ1n) is 7.29. The van der Waals surface area contributed by atoms with Gasteiger partial charge in [0, 0.05) is 12.6 Å². The lowest BCUT2D eigenvalue weighted by atomic mass is 9.98. The number of carbonyl (C=O) groups is 2. The highest BCUT2D eigenvalue weighted by Gasteiger charge is 2.44. The van der Waals surface area contributed by atoms with E-state index in [9.17, 15) is 9.59 Å². The predicted molar refractivity (Wildman–Crippen MR) is 86.4 cm³/mol. The molecule has 0 bridgehead atoms. The van der Waals surface area contributed by atoms with E-state index in [2.05, 4.69) is 11.9 Å². The zero-order valence-corrected chi connectivity index (χ0v) is 13.5. The minimum Gasteiger partial charge on any atom is -0.331 e. The lowest BCUT2D eigenvalue weighted by Crippen LogP contribution is -2.47. The molecule has 3 amide bonds. The summed E-state index contributed by atoms with van der Waals surface area (Å²) in [5.41, 5.74) is 2.45. The molecule has 0 saturated carbocycles. The second kappa shape index (κ2) is 5.61. The third-order valence-corrected chi connectivity index (χ3v) is 4.76. The molecule has 5 nitrogen and oxygen atoms in total. The third kappa shape index (κ3) is 2.23. The number of hydrogen-bond acceptors (Lipinski definition) is 3. The number of hydrogen-bond donors (Lipinski definition) is 1. The Hall–Kier alpha value is -2.08. The maximum atomic E-state index is 12.8. The molecular weight excluding hydrogens is 298 g/mol. The molecule has 22 heavy (non-hydrogen) atoms. The molecule has 6 heteroatoms. The van der Waals surface area contributed by atoms with Gasteiger partial charge in [-0.3, -0.25) is 9.69 Å². The number of urea groups is 1. The number of rotatable bonds is 4. The van der Waals surface area contributed by atoms with Gasteiger partial charge in [0.2, 0.25) is 0 Å². The zero-order chi connectivity index (χ0) is 15.9. The summed E-state index contributed by atoms with van der Waals surface area (Å²) in [7, 11) is 0. The number of nitrogens with zero attached hydrogens (tertiary/aromatic N) is 2. The number of nitrogens with one attached hydrogen (secondary N) is 1. The van der Waals surface area contributed by atoms with E-state index >= 15 is 0 Å². The summed E-state index contributed by atoms with van der Waals surface area (Å²) in [4.78, 5) is 28.7. The Morgan fingerprint density at radius 2 is 2.27 bits per heavy atom. The van der Waals surface area contributed by atoms with Crippen molar-refractivity contribution in [1.82, 2.24) is 15.1 Å². The molecular formula is C16H19N3O2S. The Labute approximate surface area is 133 Å². The molecule has 0 aliphatic carbocycles. The quantitative estimate of drug-likeness (QED) is 0.868. The van der Waals surface area contributed by atoms with Gasteiger partial charge in [-0.25, -0.2) is 4.79 Å². The largest absolute Gasteiger partial charge is 0.331 e. The molecule has 0 unspecified atom stereocenters. The van der Waals surface area contributed by atoms with E-state index in [1.54, 1.807) is 27.2 Å². The van der Waals surface area contributed by atoms with Crippen molar-refractivity contribution < 1.29 is 9.59 Å². The van der Waals surface area contributed by atoms with Crippen LogP contribution in [0.2, 0.25) is 0 Å². The number of amides is 3. The summed E-state index contributed by atoms with van der Waals surface area (Å²) in [6.45, 7) is 8.57. The Morgan fingerprint density at radius 1 is 1.50 bits per heavy atom. The molecule has 0 aromatic carbocycles. The van der Waals surface area contributed by atoms with Crippen molar-refractivity contribution in [3.63, 3.8) is 0 Å². The summed E-state index contributed by atoms with van der Waals surface area (Å²) < 4.78 is 0. The van der Waals surface area contributed by atoms with E-state index in [0.29, 0.717) is 18.7 Å². The smallest absolute Gasteiger partial charge is 0.322 e. The van der Waals surface area contributed by atoms with Crippen molar-refractivity contribution in [2.75, 3.05) is 13.1 Å². The maximum absolute atomic E-state index is 12.8. The van der Waals surface area contributed by atoms with Crippen molar-refractivity contribution in [2.24, 2.45) is 0 Å². The highest BCUT2D eigenvalue weighted by atomic mass is 32.1. The molecule has 1 atom stereocenters. The van der Waals surface area contributed by atoms with Crippen molar-refractivity contribution in [3.8, 4) is 0 Å². The van der Waals surface area contributed by atoms with E-state index in [0.717, 1.165) is 11.3 Å². The molecule has 1 aromatic heterocycles. The van der Waals surface area contributed by atoms with Gasteiger partial charge in [0.25, 0.3) is 5.91 Å². The summed E-state index contributed by atoms with van der Waals surface area (Å²) in [5, 5.41) is 6.89. The fourth-order valence-corrected chi connectivity index (χ4v) is 3.63. The summed E-state index contributed by atoms with van der Waals surface area (Å²) in [6, 6.07) is 1.52. The van der Waals surface area contributed by atoms with Gasteiger partial charge >= 0.3 is 6.03 Å². The van der Waals surface area contributed by atoms with Crippen LogP contribution in [-0.2, 0) is 4.79 Å². The van der Waals surface area contributed by atoms with Crippen molar-refractivity contribution in [3.05, 3.63) is 46.3 Å². The fourth-order valence-electron chi connectivity index (χ4n) is 2.94. The van der Waals surface area contributed by atoms with E-state index in [1.165, 1.54) is 0 Å². The van der Waals surface area contributed by atoms with Gasteiger partial charge < -0.3 is 10.2 Å². The van der Waals surface area contributed by atoms with Crippen LogP contribution in [0, 0.1) is 0 Å². The van der Waals surface area contributed by atoms with Crippen molar-refractivity contribution >= 4 is 23.3 Å². The molecule has 0 radical (unpaired) electrons. The second-order valence-corrected chi connectivity index (χ2v) is 6.51. The highest BCUT2D eigenvalue weighted by Crippen LogP contribution is 2.37. The van der Waals surface area contributed by atoms with Crippen LogP contribution >= 0.6 is 11.3 Å². The van der Waals surface area contributed by atoms with Crippen LogP contribution in [0.5, 0.6) is 0 Å². The van der Waals surface area contributed by atoms with Crippen LogP contribution in [0.25, 0.3) is 0 Å². The van der Waals surface area contributed by atoms with Gasteiger partial charge in [-0.1, -0.05) is 6.08 Å². The van der Waals surface area contributed by atoms with E-state index in [1.807, 2.05) is 30.7 Å². The maximum Gasteiger partial charge on any atom is 0.322 e. The van der Waals surface area contributed by atoms with E-state index in [4.69, 9.17) is 0 Å². The number of thiophene rings is 1. The van der Waals surface area contributed by atoms with E-state index in [-0.39, 0.29) is 24.0 Å². The Bertz CT molecular complexity index is 648. The lowest BCUT2D eigenvalue weighted by Gasteiger charge is -2.32. The van der Waals surface area contributed by atoms with Crippen LogP contribution in [0.4, 0.5) is 4.79 Å². The molecule has 3 rings (SSSR count). The first-order chi connectivity index (χ1) is 10.5. The molecule has 2 aliphatic heterocycles. The monoisotopic (exact) mass is 317 g/mol. The first-order valence-corrected chi connectivity index (χ1v) is 8.24. The second-order valence-electron chi connectivity index (χ2n) is 5.73. The fraction of sp³-hybridized carbons (Fsp3) is 0.375. The summed E-state index contributed by atoms with van der Waals surface area (Å²) in [5.74, 6) is 0.00950. The summed E-state index contributed by atoms with van der Waals surface area (Å²) >= 11 is 1.56. The standard InChI is InChI=1S/C16H19N3O2S/c1-4-6-18-12-8-19(10(2)3)15(20)13(12)14(17-16(18)21)11-5-7-22-9-11/h4-5,7,9-10,14H,1,6,8H2,2-3H3,(H,17,21)/t14-/m0/s1. The highest BCUT2D eigenvalue weighted by molar-refractivity contribution is 7.08. The Kier molecular flexibility index (Phi) is 3.78. The molecule has 116 valence electrons. The minimum absolute atomic E-state index is 0.00950. The molecule has 0 saturated heterocycles. The Balaban J connectivity index is 2.07. The molecule has 1 N–H and O–H groups in total. The van der Waals surface area contributed by atoms with Crippen LogP contribution in [0.1, 0.15) is 25.5 Å². The molecule has 1 aromatic rings. The van der Waals surface area contributed by atoms with Gasteiger partial charge in [-0.2, -0.15) is 11.3 Å². The third-order valence-electron chi connectivity index (χ3n) is 4.06. The lowest BCUT2D eigenvalue weighted by molar-refractivity contribution is -0.127. The zero-order valence-electron chi connectivity index (χ0n) is 12.7. The normalized spacial score (nSPS) is 21.5. The average molecular weight is 317 g/mol. The van der Waals surface area contributed by atoms with Crippen molar-refractivity contribution in [2.45, 2.75) is 25.9 Å². The van der Waals surface area contributed by atoms with Gasteiger partial charge in [0.05, 0.1) is 23.9 Å². The molecule has 2 aliphatic rings. The van der Waals surface area contributed by atoms with Crippen LogP contribution in [0.15, 0.2) is 40.8 Å². The minimum atomic E-state index is -0.355. The van der Waals surface area contributed by atoms with Crippen LogP contribution < -0.4 is 5.32 Å². The summed E-state index contributed by atoms with van der Waals surface area (Å²) in [6.07, 6.45) is 1.68. The molecule has 0 fully saturated rings. The van der Waals surface area contributed by atoms with Crippen molar-refractivity contribution in [1.29, 1.82) is 0 Å². The number of carbonyl (C=O) groups excluding carboxylic acids is 2. The molecule has 0 spiro atoms. The molecule has 3 heterocycles. The topological polar surface area (TPSA) is 52.7 Å². The first kappa shape index (κ1) is 14.8.